The summed E-state index contributed by atoms with van der Waals surface area (Å²) >= 11 is 3.35. The lowest BCUT2D eigenvalue weighted by atomic mass is 10.0. The van der Waals surface area contributed by atoms with Gasteiger partial charge in [-0.25, -0.2) is 0 Å². The molecule has 23 heavy (non-hydrogen) atoms. The molecule has 6 heteroatoms. The maximum Gasteiger partial charge on any atom is 0.193 e. The summed E-state index contributed by atoms with van der Waals surface area (Å²) in [4.78, 5) is 12.5. The second kappa shape index (κ2) is 8.67. The molecule has 0 bridgehead atoms. The lowest BCUT2D eigenvalue weighted by Gasteiger charge is -2.13. The van der Waals surface area contributed by atoms with Crippen molar-refractivity contribution in [3.05, 3.63) is 58.1 Å². The molecule has 2 aromatic rings. The zero-order chi connectivity index (χ0) is 16.7. The van der Waals surface area contributed by atoms with Crippen LogP contribution in [0.25, 0.3) is 0 Å². The van der Waals surface area contributed by atoms with Crippen LogP contribution in [0.3, 0.4) is 0 Å². The highest BCUT2D eigenvalue weighted by Crippen LogP contribution is 2.29. The van der Waals surface area contributed by atoms with Crippen LogP contribution in [0.4, 0.5) is 0 Å². The SMILES string of the molecule is COCOc1ccc(C(=O)c2ccc(Br)cc2)cc1OCOC. The average Bonchev–Trinajstić information content (AvgIpc) is 2.58. The van der Waals surface area contributed by atoms with Crippen molar-refractivity contribution in [1.82, 2.24) is 0 Å². The van der Waals surface area contributed by atoms with Crippen LogP contribution in [0.5, 0.6) is 11.5 Å². The zero-order valence-electron chi connectivity index (χ0n) is 12.9. The first-order valence-electron chi connectivity index (χ1n) is 6.83. The minimum absolute atomic E-state index is 0.0548. The Morgan fingerprint density at radius 3 is 2.04 bits per heavy atom. The minimum atomic E-state index is -0.0990. The van der Waals surface area contributed by atoms with Gasteiger partial charge in [-0.05, 0) is 42.5 Å². The Morgan fingerprint density at radius 2 is 1.43 bits per heavy atom. The van der Waals surface area contributed by atoms with Crippen molar-refractivity contribution in [3.8, 4) is 11.5 Å². The van der Waals surface area contributed by atoms with Crippen LogP contribution in [0, 0.1) is 0 Å². The summed E-state index contributed by atoms with van der Waals surface area (Å²) in [5, 5.41) is 0. The van der Waals surface area contributed by atoms with Gasteiger partial charge in [0.1, 0.15) is 0 Å². The van der Waals surface area contributed by atoms with Crippen LogP contribution in [0.2, 0.25) is 0 Å². The van der Waals surface area contributed by atoms with Crippen LogP contribution in [0.15, 0.2) is 46.9 Å². The molecule has 0 saturated heterocycles. The zero-order valence-corrected chi connectivity index (χ0v) is 14.5. The predicted octanol–water partition coefficient (Wildman–Crippen LogP) is 3.65. The molecule has 0 saturated carbocycles. The normalized spacial score (nSPS) is 10.4. The summed E-state index contributed by atoms with van der Waals surface area (Å²) in [6.07, 6.45) is 0. The quantitative estimate of drug-likeness (QED) is 0.516. The van der Waals surface area contributed by atoms with Gasteiger partial charge in [0.05, 0.1) is 0 Å². The number of hydrogen-bond donors (Lipinski definition) is 0. The van der Waals surface area contributed by atoms with Crippen molar-refractivity contribution >= 4 is 21.7 Å². The van der Waals surface area contributed by atoms with Gasteiger partial charge in [-0.3, -0.25) is 4.79 Å². The van der Waals surface area contributed by atoms with E-state index in [1.165, 1.54) is 14.2 Å². The van der Waals surface area contributed by atoms with Gasteiger partial charge in [0.2, 0.25) is 0 Å². The number of rotatable bonds is 8. The number of hydrogen-bond acceptors (Lipinski definition) is 5. The Morgan fingerprint density at radius 1 is 0.870 bits per heavy atom. The molecule has 2 rings (SSSR count). The Balaban J connectivity index is 2.27. The van der Waals surface area contributed by atoms with Gasteiger partial charge in [-0.2, -0.15) is 0 Å². The van der Waals surface area contributed by atoms with Crippen LogP contribution in [-0.2, 0) is 9.47 Å². The molecule has 0 heterocycles. The first kappa shape index (κ1) is 17.5. The van der Waals surface area contributed by atoms with Gasteiger partial charge in [0, 0.05) is 29.8 Å². The van der Waals surface area contributed by atoms with Crippen molar-refractivity contribution in [3.63, 3.8) is 0 Å². The van der Waals surface area contributed by atoms with E-state index in [1.54, 1.807) is 30.3 Å². The van der Waals surface area contributed by atoms with Crippen molar-refractivity contribution < 1.29 is 23.7 Å². The Hall–Kier alpha value is -1.89. The fourth-order valence-corrected chi connectivity index (χ4v) is 2.16. The number of carbonyl (C=O) groups excluding carboxylic acids is 1. The fraction of sp³-hybridized carbons (Fsp3) is 0.235. The third kappa shape index (κ3) is 4.79. The van der Waals surface area contributed by atoms with Crippen LogP contribution in [-0.4, -0.2) is 33.6 Å². The molecule has 0 amide bonds. The number of ketones is 1. The van der Waals surface area contributed by atoms with Crippen molar-refractivity contribution in [2.75, 3.05) is 27.8 Å². The predicted molar refractivity (Wildman–Crippen MR) is 89.0 cm³/mol. The van der Waals surface area contributed by atoms with Gasteiger partial charge in [0.15, 0.2) is 30.9 Å². The van der Waals surface area contributed by atoms with Gasteiger partial charge >= 0.3 is 0 Å². The summed E-state index contributed by atoms with van der Waals surface area (Å²) in [7, 11) is 3.05. The summed E-state index contributed by atoms with van der Waals surface area (Å²) in [6.45, 7) is 0.141. The molecule has 5 nitrogen and oxygen atoms in total. The number of methoxy groups -OCH3 is 2. The molecular formula is C17H17BrO5. The van der Waals surface area contributed by atoms with E-state index >= 15 is 0 Å². The third-order valence-electron chi connectivity index (χ3n) is 2.98. The van der Waals surface area contributed by atoms with Gasteiger partial charge < -0.3 is 18.9 Å². The number of benzene rings is 2. The highest BCUT2D eigenvalue weighted by atomic mass is 79.9. The summed E-state index contributed by atoms with van der Waals surface area (Å²) in [6, 6.07) is 12.2. The smallest absolute Gasteiger partial charge is 0.193 e. The Kier molecular flexibility index (Phi) is 6.58. The minimum Gasteiger partial charge on any atom is -0.464 e. The van der Waals surface area contributed by atoms with E-state index in [0.717, 1.165) is 4.47 Å². The molecule has 0 aliphatic carbocycles. The molecule has 122 valence electrons. The molecule has 0 unspecified atom stereocenters. The van der Waals surface area contributed by atoms with Gasteiger partial charge in [-0.15, -0.1) is 0 Å². The molecule has 0 aliphatic heterocycles. The van der Waals surface area contributed by atoms with Crippen LogP contribution >= 0.6 is 15.9 Å². The van der Waals surface area contributed by atoms with Gasteiger partial charge in [-0.1, -0.05) is 15.9 Å². The van der Waals surface area contributed by atoms with Crippen molar-refractivity contribution in [1.29, 1.82) is 0 Å². The maximum absolute atomic E-state index is 12.5. The Labute approximate surface area is 143 Å². The van der Waals surface area contributed by atoms with Gasteiger partial charge in [0.25, 0.3) is 0 Å². The maximum atomic E-state index is 12.5. The molecule has 0 atom stereocenters. The molecular weight excluding hydrogens is 364 g/mol. The summed E-state index contributed by atoms with van der Waals surface area (Å²) in [5.74, 6) is 0.807. The third-order valence-corrected chi connectivity index (χ3v) is 3.51. The van der Waals surface area contributed by atoms with Crippen LogP contribution in [0.1, 0.15) is 15.9 Å². The first-order chi connectivity index (χ1) is 11.2. The fourth-order valence-electron chi connectivity index (χ4n) is 1.89. The molecule has 0 N–H and O–H groups in total. The van der Waals surface area contributed by atoms with Crippen LogP contribution < -0.4 is 9.47 Å². The van der Waals surface area contributed by atoms with Crippen molar-refractivity contribution in [2.45, 2.75) is 0 Å². The number of carbonyl (C=O) groups is 1. The van der Waals surface area contributed by atoms with E-state index < -0.39 is 0 Å². The monoisotopic (exact) mass is 380 g/mol. The van der Waals surface area contributed by atoms with E-state index in [2.05, 4.69) is 15.9 Å². The van der Waals surface area contributed by atoms with E-state index in [-0.39, 0.29) is 19.4 Å². The number of ether oxygens (including phenoxy) is 4. The topological polar surface area (TPSA) is 54.0 Å². The molecule has 0 fully saturated rings. The highest BCUT2D eigenvalue weighted by molar-refractivity contribution is 9.10. The van der Waals surface area contributed by atoms with E-state index in [4.69, 9.17) is 18.9 Å². The lowest BCUT2D eigenvalue weighted by Crippen LogP contribution is -2.07. The van der Waals surface area contributed by atoms with E-state index in [0.29, 0.717) is 22.6 Å². The number of halogens is 1. The summed E-state index contributed by atoms with van der Waals surface area (Å²) in [5.41, 5.74) is 1.10. The molecule has 0 spiro atoms. The first-order valence-corrected chi connectivity index (χ1v) is 7.62. The summed E-state index contributed by atoms with van der Waals surface area (Å²) < 4.78 is 21.6. The second-order valence-electron chi connectivity index (χ2n) is 4.60. The molecule has 0 aliphatic rings. The molecule has 0 radical (unpaired) electrons. The highest BCUT2D eigenvalue weighted by Gasteiger charge is 2.13. The molecule has 2 aromatic carbocycles. The lowest BCUT2D eigenvalue weighted by molar-refractivity contribution is 0.0322. The standard InChI is InChI=1S/C17H17BrO5/c1-20-10-22-15-8-5-13(9-16(15)23-11-21-2)17(19)12-3-6-14(18)7-4-12/h3-9H,10-11H2,1-2H3. The van der Waals surface area contributed by atoms with E-state index in [1.807, 2.05) is 12.1 Å². The molecule has 0 aromatic heterocycles. The second-order valence-corrected chi connectivity index (χ2v) is 5.51. The van der Waals surface area contributed by atoms with Crippen molar-refractivity contribution in [2.24, 2.45) is 0 Å². The average molecular weight is 381 g/mol. The largest absolute Gasteiger partial charge is 0.464 e. The Bertz CT molecular complexity index is 655. The van der Waals surface area contributed by atoms with E-state index in [9.17, 15) is 4.79 Å².